The number of hydrogen-bond donors (Lipinski definition) is 1. The Balaban J connectivity index is 1.95. The highest BCUT2D eigenvalue weighted by Gasteiger charge is 2.07. The topological polar surface area (TPSA) is 89.6 Å². The summed E-state index contributed by atoms with van der Waals surface area (Å²) in [7, 11) is 0. The second-order valence-corrected chi connectivity index (χ2v) is 4.59. The van der Waals surface area contributed by atoms with E-state index in [1.165, 1.54) is 18.5 Å². The molecule has 0 saturated heterocycles. The maximum absolute atomic E-state index is 10.6. The van der Waals surface area contributed by atoms with Gasteiger partial charge in [0.1, 0.15) is 11.2 Å². The highest BCUT2D eigenvalue weighted by Crippen LogP contribution is 2.15. The van der Waals surface area contributed by atoms with Crippen molar-refractivity contribution in [2.75, 3.05) is 0 Å². The monoisotopic (exact) mass is 287 g/mol. The SMILES string of the molecule is O=[N+]([O-])c1ccc(Cn2cnc3c(=S)nc[nH]c32)cc1. The van der Waals surface area contributed by atoms with Crippen LogP contribution in [0.5, 0.6) is 0 Å². The lowest BCUT2D eigenvalue weighted by molar-refractivity contribution is -0.384. The number of fused-ring (bicyclic) bond motifs is 1. The number of nitrogens with one attached hydrogen (secondary N) is 1. The van der Waals surface area contributed by atoms with E-state index in [-0.39, 0.29) is 5.69 Å². The van der Waals surface area contributed by atoms with Gasteiger partial charge in [0.25, 0.3) is 5.69 Å². The van der Waals surface area contributed by atoms with Gasteiger partial charge in [-0.25, -0.2) is 9.97 Å². The molecule has 0 bridgehead atoms. The molecule has 8 heteroatoms. The van der Waals surface area contributed by atoms with Crippen molar-refractivity contribution in [1.29, 1.82) is 0 Å². The predicted molar refractivity (Wildman–Crippen MR) is 74.9 cm³/mol. The van der Waals surface area contributed by atoms with Crippen LogP contribution < -0.4 is 0 Å². The average Bonchev–Trinajstić information content (AvgIpc) is 2.84. The first-order chi connectivity index (χ1) is 9.65. The van der Waals surface area contributed by atoms with Crippen LogP contribution in [0.2, 0.25) is 0 Å². The van der Waals surface area contributed by atoms with Crippen molar-refractivity contribution in [2.24, 2.45) is 0 Å². The third kappa shape index (κ3) is 2.16. The van der Waals surface area contributed by atoms with Gasteiger partial charge in [-0.1, -0.05) is 24.4 Å². The highest BCUT2D eigenvalue weighted by molar-refractivity contribution is 7.71. The fourth-order valence-corrected chi connectivity index (χ4v) is 2.15. The molecule has 2 heterocycles. The Hall–Kier alpha value is -2.61. The lowest BCUT2D eigenvalue weighted by Crippen LogP contribution is -1.99. The van der Waals surface area contributed by atoms with Crippen LogP contribution in [0.15, 0.2) is 36.9 Å². The molecule has 0 radical (unpaired) electrons. The van der Waals surface area contributed by atoms with Crippen LogP contribution in [0.25, 0.3) is 11.2 Å². The molecule has 1 aromatic carbocycles. The Morgan fingerprint density at radius 1 is 1.30 bits per heavy atom. The number of benzene rings is 1. The van der Waals surface area contributed by atoms with E-state index < -0.39 is 4.92 Å². The maximum Gasteiger partial charge on any atom is 0.269 e. The van der Waals surface area contributed by atoms with Gasteiger partial charge >= 0.3 is 0 Å². The quantitative estimate of drug-likeness (QED) is 0.454. The Morgan fingerprint density at radius 2 is 2.05 bits per heavy atom. The highest BCUT2D eigenvalue weighted by atomic mass is 32.1. The number of rotatable bonds is 3. The van der Waals surface area contributed by atoms with Crippen LogP contribution in [0.1, 0.15) is 5.56 Å². The second kappa shape index (κ2) is 4.82. The smallest absolute Gasteiger partial charge is 0.269 e. The van der Waals surface area contributed by atoms with E-state index in [0.29, 0.717) is 16.7 Å². The molecule has 0 unspecified atom stereocenters. The normalized spacial score (nSPS) is 10.8. The van der Waals surface area contributed by atoms with Crippen molar-refractivity contribution in [3.05, 3.63) is 57.2 Å². The van der Waals surface area contributed by atoms with Gasteiger partial charge in [-0.05, 0) is 5.56 Å². The van der Waals surface area contributed by atoms with E-state index in [1.54, 1.807) is 18.5 Å². The summed E-state index contributed by atoms with van der Waals surface area (Å²) in [4.78, 5) is 21.4. The van der Waals surface area contributed by atoms with E-state index in [1.807, 2.05) is 4.57 Å². The molecule has 0 spiro atoms. The molecule has 7 nitrogen and oxygen atoms in total. The molecule has 20 heavy (non-hydrogen) atoms. The summed E-state index contributed by atoms with van der Waals surface area (Å²) in [5, 5.41) is 10.6. The van der Waals surface area contributed by atoms with Gasteiger partial charge in [0.15, 0.2) is 4.64 Å². The Bertz CT molecular complexity index is 837. The molecule has 0 saturated carbocycles. The predicted octanol–water partition coefficient (Wildman–Crippen LogP) is 2.45. The second-order valence-electron chi connectivity index (χ2n) is 4.20. The van der Waals surface area contributed by atoms with Crippen molar-refractivity contribution in [1.82, 2.24) is 19.5 Å². The zero-order valence-corrected chi connectivity index (χ0v) is 11.0. The molecule has 100 valence electrons. The largest absolute Gasteiger partial charge is 0.330 e. The summed E-state index contributed by atoms with van der Waals surface area (Å²) in [6.07, 6.45) is 3.19. The summed E-state index contributed by atoms with van der Waals surface area (Å²) in [6, 6.07) is 6.41. The molecule has 0 aliphatic rings. The minimum absolute atomic E-state index is 0.0767. The fraction of sp³-hybridized carbons (Fsp3) is 0.0833. The van der Waals surface area contributed by atoms with Crippen molar-refractivity contribution >= 4 is 29.1 Å². The van der Waals surface area contributed by atoms with Crippen LogP contribution in [-0.4, -0.2) is 24.4 Å². The molecule has 0 aliphatic carbocycles. The number of nitro groups is 1. The molecule has 0 atom stereocenters. The van der Waals surface area contributed by atoms with E-state index in [9.17, 15) is 10.1 Å². The summed E-state index contributed by atoms with van der Waals surface area (Å²) in [6.45, 7) is 0.545. The van der Waals surface area contributed by atoms with Crippen molar-refractivity contribution in [3.63, 3.8) is 0 Å². The van der Waals surface area contributed by atoms with Gasteiger partial charge in [0.05, 0.1) is 24.1 Å². The number of H-pyrrole nitrogens is 1. The standard InChI is InChI=1S/C12H9N5O2S/c18-17(19)9-3-1-8(2-4-9)5-16-7-15-10-11(16)13-6-14-12(10)20/h1-4,6-7H,5H2,(H,13,14,20). The minimum atomic E-state index is -0.417. The first-order valence-corrected chi connectivity index (χ1v) is 6.18. The lowest BCUT2D eigenvalue weighted by Gasteiger charge is -2.04. The average molecular weight is 287 g/mol. The van der Waals surface area contributed by atoms with E-state index >= 15 is 0 Å². The van der Waals surface area contributed by atoms with Crippen molar-refractivity contribution in [2.45, 2.75) is 6.54 Å². The maximum atomic E-state index is 10.6. The number of aromatic amines is 1. The van der Waals surface area contributed by atoms with E-state index in [0.717, 1.165) is 11.2 Å². The number of aromatic nitrogens is 4. The van der Waals surface area contributed by atoms with Crippen LogP contribution >= 0.6 is 12.2 Å². The van der Waals surface area contributed by atoms with E-state index in [2.05, 4.69) is 15.0 Å². The zero-order valence-electron chi connectivity index (χ0n) is 10.2. The number of hydrogen-bond acceptors (Lipinski definition) is 5. The van der Waals surface area contributed by atoms with Crippen LogP contribution in [0, 0.1) is 14.8 Å². The van der Waals surface area contributed by atoms with Crippen molar-refractivity contribution < 1.29 is 4.92 Å². The number of nitro benzene ring substituents is 1. The van der Waals surface area contributed by atoms with Gasteiger partial charge in [-0.3, -0.25) is 10.1 Å². The van der Waals surface area contributed by atoms with Gasteiger partial charge in [-0.15, -0.1) is 0 Å². The van der Waals surface area contributed by atoms with E-state index in [4.69, 9.17) is 12.2 Å². The van der Waals surface area contributed by atoms with Crippen LogP contribution in [0.3, 0.4) is 0 Å². The summed E-state index contributed by atoms with van der Waals surface area (Å²) >= 11 is 5.10. The Kier molecular flexibility index (Phi) is 2.99. The first kappa shape index (κ1) is 12.4. The number of nitrogens with zero attached hydrogens (tertiary/aromatic N) is 4. The molecule has 0 aliphatic heterocycles. The lowest BCUT2D eigenvalue weighted by atomic mass is 10.2. The van der Waals surface area contributed by atoms with Gasteiger partial charge in [0.2, 0.25) is 0 Å². The molecular weight excluding hydrogens is 278 g/mol. The molecule has 0 amide bonds. The third-order valence-electron chi connectivity index (χ3n) is 2.92. The van der Waals surface area contributed by atoms with Crippen LogP contribution in [0.4, 0.5) is 5.69 Å². The summed E-state index contributed by atoms with van der Waals surface area (Å²) < 4.78 is 2.33. The van der Waals surface area contributed by atoms with Crippen LogP contribution in [-0.2, 0) is 6.54 Å². The zero-order chi connectivity index (χ0) is 14.1. The first-order valence-electron chi connectivity index (χ1n) is 5.77. The summed E-state index contributed by atoms with van der Waals surface area (Å²) in [5.41, 5.74) is 2.44. The molecular formula is C12H9N5O2S. The minimum Gasteiger partial charge on any atom is -0.330 e. The molecule has 3 rings (SSSR count). The third-order valence-corrected chi connectivity index (χ3v) is 3.22. The molecule has 0 fully saturated rings. The number of imidazole rings is 1. The number of non-ortho nitro benzene ring substituents is 1. The molecule has 2 aromatic heterocycles. The van der Waals surface area contributed by atoms with Crippen molar-refractivity contribution in [3.8, 4) is 0 Å². The Morgan fingerprint density at radius 3 is 2.75 bits per heavy atom. The van der Waals surface area contributed by atoms with Gasteiger partial charge < -0.3 is 9.55 Å². The summed E-state index contributed by atoms with van der Waals surface area (Å²) in [5.74, 6) is 0. The van der Waals surface area contributed by atoms with Gasteiger partial charge in [-0.2, -0.15) is 0 Å². The molecule has 1 N–H and O–H groups in total. The Labute approximate surface area is 118 Å². The van der Waals surface area contributed by atoms with Gasteiger partial charge in [0, 0.05) is 12.1 Å². The molecule has 3 aromatic rings. The fourth-order valence-electron chi connectivity index (χ4n) is 1.94.